The molecule has 1 heterocycles. The molecule has 1 amide bonds. The number of hydrazone groups is 1. The van der Waals surface area contributed by atoms with Crippen molar-refractivity contribution < 1.29 is 14.3 Å². The summed E-state index contributed by atoms with van der Waals surface area (Å²) in [5, 5.41) is 4.20. The summed E-state index contributed by atoms with van der Waals surface area (Å²) in [5.74, 6) is 1.05. The number of rotatable bonds is 7. The Kier molecular flexibility index (Phi) is 6.97. The van der Waals surface area contributed by atoms with Crippen LogP contribution >= 0.6 is 11.8 Å². The van der Waals surface area contributed by atoms with Gasteiger partial charge in [0.05, 0.1) is 25.7 Å². The molecule has 1 aromatic heterocycles. The van der Waals surface area contributed by atoms with E-state index in [9.17, 15) is 4.79 Å². The molecule has 0 radical (unpaired) electrons. The number of amides is 1. The molecule has 0 bridgehead atoms. The van der Waals surface area contributed by atoms with E-state index >= 15 is 0 Å². The van der Waals surface area contributed by atoms with Crippen molar-refractivity contribution in [3.8, 4) is 11.5 Å². The molecule has 0 fully saturated rings. The quantitative estimate of drug-likeness (QED) is 0.347. The van der Waals surface area contributed by atoms with E-state index in [1.165, 1.54) is 18.0 Å². The zero-order valence-electron chi connectivity index (χ0n) is 15.4. The van der Waals surface area contributed by atoms with Gasteiger partial charge in [0.1, 0.15) is 11.5 Å². The number of hydrogen-bond acceptors (Lipinski definition) is 7. The minimum atomic E-state index is -0.383. The minimum Gasteiger partial charge on any atom is -0.497 e. The van der Waals surface area contributed by atoms with Gasteiger partial charge in [-0.1, -0.05) is 11.8 Å². The predicted octanol–water partition coefficient (Wildman–Crippen LogP) is 2.74. The second kappa shape index (κ2) is 9.19. The summed E-state index contributed by atoms with van der Waals surface area (Å²) in [5.41, 5.74) is 5.00. The number of nitrogens with one attached hydrogen (secondary N) is 1. The van der Waals surface area contributed by atoms with Crippen LogP contribution in [-0.4, -0.2) is 41.6 Å². The van der Waals surface area contributed by atoms with E-state index in [-0.39, 0.29) is 11.2 Å². The number of ether oxygens (including phenoxy) is 2. The third kappa shape index (κ3) is 5.45. The highest BCUT2D eigenvalue weighted by Crippen LogP contribution is 2.23. The molecule has 26 heavy (non-hydrogen) atoms. The number of hydrogen-bond donors (Lipinski definition) is 1. The first-order valence-electron chi connectivity index (χ1n) is 7.97. The molecule has 1 aromatic carbocycles. The molecular formula is C18H22N4O3S. The number of nitrogens with zero attached hydrogens (tertiary/aromatic N) is 3. The van der Waals surface area contributed by atoms with Crippen molar-refractivity contribution in [3.63, 3.8) is 0 Å². The topological polar surface area (TPSA) is 85.7 Å². The first-order chi connectivity index (χ1) is 12.4. The standard InChI is InChI=1S/C18H22N4O3S/c1-11-8-12(2)21-18(20-11)26-13(3)17(23)22-19-10-14-6-7-15(24-4)9-16(14)25-5/h6-10,13H,1-5H3,(H,22,23)/b19-10-/t13-/m0/s1. The van der Waals surface area contributed by atoms with Crippen molar-refractivity contribution in [2.24, 2.45) is 5.10 Å². The normalized spacial score (nSPS) is 12.0. The molecule has 1 N–H and O–H groups in total. The van der Waals surface area contributed by atoms with E-state index in [1.807, 2.05) is 19.9 Å². The molecule has 0 aliphatic carbocycles. The van der Waals surface area contributed by atoms with Gasteiger partial charge in [0.15, 0.2) is 5.16 Å². The second-order valence-electron chi connectivity index (χ2n) is 5.54. The van der Waals surface area contributed by atoms with Crippen molar-refractivity contribution in [2.75, 3.05) is 14.2 Å². The highest BCUT2D eigenvalue weighted by molar-refractivity contribution is 8.00. The maximum Gasteiger partial charge on any atom is 0.253 e. The Labute approximate surface area is 157 Å². The largest absolute Gasteiger partial charge is 0.497 e. The van der Waals surface area contributed by atoms with E-state index in [1.54, 1.807) is 39.3 Å². The first-order valence-corrected chi connectivity index (χ1v) is 8.84. The highest BCUT2D eigenvalue weighted by Gasteiger charge is 2.16. The summed E-state index contributed by atoms with van der Waals surface area (Å²) in [6.45, 7) is 5.58. The van der Waals surface area contributed by atoms with Crippen molar-refractivity contribution in [1.29, 1.82) is 0 Å². The van der Waals surface area contributed by atoms with Crippen LogP contribution in [0.1, 0.15) is 23.9 Å². The summed E-state index contributed by atoms with van der Waals surface area (Å²) in [4.78, 5) is 20.9. The summed E-state index contributed by atoms with van der Waals surface area (Å²) >= 11 is 1.29. The Morgan fingerprint density at radius 1 is 1.19 bits per heavy atom. The van der Waals surface area contributed by atoms with Gasteiger partial charge in [-0.05, 0) is 39.0 Å². The summed E-state index contributed by atoms with van der Waals surface area (Å²) in [6.07, 6.45) is 1.53. The SMILES string of the molecule is COc1ccc(/C=N\NC(=O)[C@H](C)Sc2nc(C)cc(C)n2)c(OC)c1. The molecule has 2 aromatic rings. The van der Waals surface area contributed by atoms with Crippen molar-refractivity contribution >= 4 is 23.9 Å². The molecule has 138 valence electrons. The fourth-order valence-corrected chi connectivity index (χ4v) is 3.01. The molecule has 8 heteroatoms. The van der Waals surface area contributed by atoms with Gasteiger partial charge in [-0.3, -0.25) is 4.79 Å². The van der Waals surface area contributed by atoms with Gasteiger partial charge in [-0.25, -0.2) is 15.4 Å². The highest BCUT2D eigenvalue weighted by atomic mass is 32.2. The zero-order chi connectivity index (χ0) is 19.1. The van der Waals surface area contributed by atoms with Gasteiger partial charge >= 0.3 is 0 Å². The average Bonchev–Trinajstić information content (AvgIpc) is 2.60. The first kappa shape index (κ1) is 19.7. The van der Waals surface area contributed by atoms with E-state index in [2.05, 4.69) is 20.5 Å². The Bertz CT molecular complexity index is 791. The Balaban J connectivity index is 1.98. The van der Waals surface area contributed by atoms with Crippen LogP contribution in [0, 0.1) is 13.8 Å². The fraction of sp³-hybridized carbons (Fsp3) is 0.333. The van der Waals surface area contributed by atoms with E-state index in [4.69, 9.17) is 9.47 Å². The number of carbonyl (C=O) groups excluding carboxylic acids is 1. The molecule has 0 aliphatic heterocycles. The van der Waals surface area contributed by atoms with Crippen LogP contribution in [0.4, 0.5) is 0 Å². The van der Waals surface area contributed by atoms with Crippen LogP contribution in [0.5, 0.6) is 11.5 Å². The van der Waals surface area contributed by atoms with Gasteiger partial charge < -0.3 is 9.47 Å². The lowest BCUT2D eigenvalue weighted by Crippen LogP contribution is -2.27. The van der Waals surface area contributed by atoms with Crippen LogP contribution < -0.4 is 14.9 Å². The lowest BCUT2D eigenvalue weighted by atomic mass is 10.2. The molecule has 2 rings (SSSR count). The van der Waals surface area contributed by atoms with Gasteiger partial charge in [0, 0.05) is 23.0 Å². The zero-order valence-corrected chi connectivity index (χ0v) is 16.3. The second-order valence-corrected chi connectivity index (χ2v) is 6.84. The van der Waals surface area contributed by atoms with Crippen molar-refractivity contribution in [2.45, 2.75) is 31.2 Å². The molecule has 0 aliphatic rings. The van der Waals surface area contributed by atoms with Crippen molar-refractivity contribution in [1.82, 2.24) is 15.4 Å². The predicted molar refractivity (Wildman–Crippen MR) is 102 cm³/mol. The molecular weight excluding hydrogens is 352 g/mol. The summed E-state index contributed by atoms with van der Waals surface area (Å²) in [6, 6.07) is 7.23. The fourth-order valence-electron chi connectivity index (χ4n) is 2.14. The molecule has 1 atom stereocenters. The van der Waals surface area contributed by atoms with Crippen LogP contribution in [0.3, 0.4) is 0 Å². The number of aryl methyl sites for hydroxylation is 2. The van der Waals surface area contributed by atoms with Crippen molar-refractivity contribution in [3.05, 3.63) is 41.2 Å². The van der Waals surface area contributed by atoms with Crippen LogP contribution in [0.2, 0.25) is 0 Å². The van der Waals surface area contributed by atoms with E-state index in [0.29, 0.717) is 16.7 Å². The number of carbonyl (C=O) groups is 1. The molecule has 0 spiro atoms. The lowest BCUT2D eigenvalue weighted by molar-refractivity contribution is -0.120. The number of benzene rings is 1. The Morgan fingerprint density at radius 2 is 1.88 bits per heavy atom. The number of methoxy groups -OCH3 is 2. The third-order valence-electron chi connectivity index (χ3n) is 3.43. The lowest BCUT2D eigenvalue weighted by Gasteiger charge is -2.09. The Hall–Kier alpha value is -2.61. The number of aromatic nitrogens is 2. The smallest absolute Gasteiger partial charge is 0.253 e. The minimum absolute atomic E-state index is 0.235. The Morgan fingerprint density at radius 3 is 2.50 bits per heavy atom. The molecule has 0 saturated heterocycles. The maximum atomic E-state index is 12.2. The van der Waals surface area contributed by atoms with Gasteiger partial charge in [0.2, 0.25) is 0 Å². The monoisotopic (exact) mass is 374 g/mol. The van der Waals surface area contributed by atoms with Crippen LogP contribution in [0.25, 0.3) is 0 Å². The summed E-state index contributed by atoms with van der Waals surface area (Å²) in [7, 11) is 3.15. The maximum absolute atomic E-state index is 12.2. The summed E-state index contributed by atoms with van der Waals surface area (Å²) < 4.78 is 10.4. The molecule has 0 unspecified atom stereocenters. The van der Waals surface area contributed by atoms with E-state index in [0.717, 1.165) is 17.0 Å². The molecule has 0 saturated carbocycles. The van der Waals surface area contributed by atoms with E-state index < -0.39 is 0 Å². The van der Waals surface area contributed by atoms with Gasteiger partial charge in [-0.2, -0.15) is 5.10 Å². The average molecular weight is 374 g/mol. The van der Waals surface area contributed by atoms with Gasteiger partial charge in [0.25, 0.3) is 5.91 Å². The third-order valence-corrected chi connectivity index (χ3v) is 4.39. The van der Waals surface area contributed by atoms with Crippen LogP contribution in [-0.2, 0) is 4.79 Å². The molecule has 7 nitrogen and oxygen atoms in total. The van der Waals surface area contributed by atoms with Gasteiger partial charge in [-0.15, -0.1) is 0 Å². The van der Waals surface area contributed by atoms with Crippen LogP contribution in [0.15, 0.2) is 34.5 Å². The number of thioether (sulfide) groups is 1.